The quantitative estimate of drug-likeness (QED) is 0.361. The molecule has 4 nitrogen and oxygen atoms in total. The van der Waals surface area contributed by atoms with E-state index in [0.717, 1.165) is 6.42 Å². The zero-order chi connectivity index (χ0) is 7.82. The third kappa shape index (κ3) is 6.11. The van der Waals surface area contributed by atoms with E-state index in [-0.39, 0.29) is 8.69 Å². The second-order valence-electron chi connectivity index (χ2n) is 1.76. The Hall–Kier alpha value is -0.0200. The Morgan fingerprint density at radius 2 is 2.40 bits per heavy atom. The highest BCUT2D eigenvalue weighted by Crippen LogP contribution is 2.03. The summed E-state index contributed by atoms with van der Waals surface area (Å²) >= 11 is 0. The summed E-state index contributed by atoms with van der Waals surface area (Å²) in [6, 6.07) is 0. The molecular weight excluding hydrogens is 153 g/mol. The molecule has 0 aromatic rings. The average Bonchev–Trinajstić information content (AvgIpc) is 1.89. The fourth-order valence-corrected chi connectivity index (χ4v) is 0.606. The topological polar surface area (TPSA) is 61.6 Å². The van der Waals surface area contributed by atoms with Crippen molar-refractivity contribution in [3.05, 3.63) is 0 Å². The fraction of sp³-hybridized carbons (Fsp3) is 1.00. The predicted molar refractivity (Wildman–Crippen MR) is 37.8 cm³/mol. The highest BCUT2D eigenvalue weighted by Gasteiger charge is 1.99. The number of rotatable bonds is 6. The molecule has 5 heteroatoms. The molecule has 0 saturated heterocycles. The van der Waals surface area contributed by atoms with Crippen LogP contribution in [0, 0.1) is 0 Å². The van der Waals surface area contributed by atoms with Gasteiger partial charge in [-0.2, -0.15) is 0 Å². The Morgan fingerprint density at radius 1 is 1.70 bits per heavy atom. The summed E-state index contributed by atoms with van der Waals surface area (Å²) in [5, 5.41) is 0. The van der Waals surface area contributed by atoms with Gasteiger partial charge in [0.25, 0.3) is 0 Å². The molecule has 2 N–H and O–H groups in total. The van der Waals surface area contributed by atoms with E-state index in [4.69, 9.17) is 10.5 Å². The Bertz CT molecular complexity index is 91.0. The molecule has 0 aliphatic carbocycles. The normalized spacial score (nSPS) is 13.8. The minimum atomic E-state index is -0.411. The summed E-state index contributed by atoms with van der Waals surface area (Å²) in [5.41, 5.74) is 5.20. The molecule has 60 valence electrons. The molecule has 0 amide bonds. The minimum Gasteiger partial charge on any atom is -0.352 e. The first-order valence-electron chi connectivity index (χ1n) is 3.11. The van der Waals surface area contributed by atoms with Crippen molar-refractivity contribution in [3.63, 3.8) is 0 Å². The molecule has 0 aliphatic heterocycles. The lowest BCUT2D eigenvalue weighted by atomic mass is 10.5. The van der Waals surface area contributed by atoms with Crippen LogP contribution >= 0.6 is 8.69 Å². The number of ether oxygens (including phenoxy) is 1. The monoisotopic (exact) mass is 165 g/mol. The maximum absolute atomic E-state index is 9.82. The third-order valence-electron chi connectivity index (χ3n) is 0.892. The van der Waals surface area contributed by atoms with Crippen LogP contribution in [0.25, 0.3) is 0 Å². The van der Waals surface area contributed by atoms with Crippen molar-refractivity contribution in [2.45, 2.75) is 19.6 Å². The average molecular weight is 165 g/mol. The van der Waals surface area contributed by atoms with Gasteiger partial charge in [-0.25, -0.2) is 4.57 Å². The molecule has 10 heavy (non-hydrogen) atoms. The number of hydrogen-bond acceptors (Lipinski definition) is 4. The fourth-order valence-electron chi connectivity index (χ4n) is 0.424. The van der Waals surface area contributed by atoms with Gasteiger partial charge in [-0.05, 0) is 19.9 Å². The maximum atomic E-state index is 9.82. The van der Waals surface area contributed by atoms with Crippen molar-refractivity contribution in [1.29, 1.82) is 0 Å². The van der Waals surface area contributed by atoms with Gasteiger partial charge in [0.05, 0.1) is 6.61 Å². The van der Waals surface area contributed by atoms with E-state index in [9.17, 15) is 4.57 Å². The standard InChI is InChI=1S/C5H12NO3P/c1-5(9-10-7)8-4-2-3-6/h5H,2-4,6H2,1H3. The molecule has 0 heterocycles. The molecule has 0 saturated carbocycles. The Balaban J connectivity index is 3.04. The third-order valence-corrected chi connectivity index (χ3v) is 1.28. The van der Waals surface area contributed by atoms with E-state index < -0.39 is 6.29 Å². The van der Waals surface area contributed by atoms with Gasteiger partial charge in [-0.1, -0.05) is 0 Å². The first kappa shape index (κ1) is 9.98. The highest BCUT2D eigenvalue weighted by molar-refractivity contribution is 7.17. The van der Waals surface area contributed by atoms with Gasteiger partial charge in [0.15, 0.2) is 6.29 Å². The van der Waals surface area contributed by atoms with Crippen LogP contribution in [0.5, 0.6) is 0 Å². The van der Waals surface area contributed by atoms with E-state index in [1.54, 1.807) is 6.92 Å². The van der Waals surface area contributed by atoms with Crippen LogP contribution in [0.1, 0.15) is 13.3 Å². The molecular formula is C5H12NO3P. The van der Waals surface area contributed by atoms with Gasteiger partial charge in [-0.15, -0.1) is 0 Å². The summed E-state index contributed by atoms with van der Waals surface area (Å²) in [6.45, 7) is 2.83. The van der Waals surface area contributed by atoms with Gasteiger partial charge in [-0.3, -0.25) is 4.52 Å². The Labute approximate surface area is 62.0 Å². The maximum Gasteiger partial charge on any atom is 0.329 e. The second kappa shape index (κ2) is 7.09. The number of hydrogen-bond donors (Lipinski definition) is 1. The lowest BCUT2D eigenvalue weighted by Gasteiger charge is -2.07. The van der Waals surface area contributed by atoms with Gasteiger partial charge in [0, 0.05) is 0 Å². The largest absolute Gasteiger partial charge is 0.352 e. The van der Waals surface area contributed by atoms with Crippen LogP contribution in [0.4, 0.5) is 0 Å². The van der Waals surface area contributed by atoms with Gasteiger partial charge >= 0.3 is 8.69 Å². The molecule has 0 rings (SSSR count). The summed E-state index contributed by atoms with van der Waals surface area (Å²) < 4.78 is 19.4. The summed E-state index contributed by atoms with van der Waals surface area (Å²) in [6.07, 6.45) is 0.384. The molecule has 0 radical (unpaired) electrons. The lowest BCUT2D eigenvalue weighted by molar-refractivity contribution is -0.0597. The van der Waals surface area contributed by atoms with Crippen molar-refractivity contribution < 1.29 is 13.8 Å². The highest BCUT2D eigenvalue weighted by atomic mass is 31.1. The molecule has 1 atom stereocenters. The lowest BCUT2D eigenvalue weighted by Crippen LogP contribution is -2.11. The molecule has 0 bridgehead atoms. The van der Waals surface area contributed by atoms with E-state index in [1.807, 2.05) is 0 Å². The molecule has 0 aromatic heterocycles. The molecule has 0 aromatic carbocycles. The molecule has 0 aliphatic rings. The minimum absolute atomic E-state index is 0.347. The first-order chi connectivity index (χ1) is 4.81. The zero-order valence-electron chi connectivity index (χ0n) is 5.95. The van der Waals surface area contributed by atoms with Crippen LogP contribution in [-0.2, 0) is 13.8 Å². The van der Waals surface area contributed by atoms with Crippen LogP contribution in [-0.4, -0.2) is 19.4 Å². The van der Waals surface area contributed by atoms with Crippen LogP contribution < -0.4 is 5.73 Å². The Morgan fingerprint density at radius 3 is 2.90 bits per heavy atom. The SMILES string of the molecule is CC(OCCCN)OP=O. The van der Waals surface area contributed by atoms with Gasteiger partial charge in [0.1, 0.15) is 0 Å². The Kier molecular flexibility index (Phi) is 7.08. The number of nitrogens with two attached hydrogens (primary N) is 1. The summed E-state index contributed by atoms with van der Waals surface area (Å²) in [5.74, 6) is 0. The van der Waals surface area contributed by atoms with Crippen molar-refractivity contribution in [2.24, 2.45) is 5.73 Å². The summed E-state index contributed by atoms with van der Waals surface area (Å²) in [7, 11) is -0.347. The first-order valence-corrected chi connectivity index (χ1v) is 3.84. The predicted octanol–water partition coefficient (Wildman–Crippen LogP) is 0.921. The molecule has 0 spiro atoms. The molecule has 0 fully saturated rings. The van der Waals surface area contributed by atoms with E-state index in [0.29, 0.717) is 13.2 Å². The van der Waals surface area contributed by atoms with Gasteiger partial charge < -0.3 is 10.5 Å². The van der Waals surface area contributed by atoms with E-state index >= 15 is 0 Å². The molecule has 1 unspecified atom stereocenters. The van der Waals surface area contributed by atoms with Crippen molar-refractivity contribution in [2.75, 3.05) is 13.2 Å². The van der Waals surface area contributed by atoms with Gasteiger partial charge in [0.2, 0.25) is 0 Å². The van der Waals surface area contributed by atoms with Crippen LogP contribution in [0.15, 0.2) is 0 Å². The van der Waals surface area contributed by atoms with Crippen LogP contribution in [0.3, 0.4) is 0 Å². The second-order valence-corrected chi connectivity index (χ2v) is 2.12. The van der Waals surface area contributed by atoms with E-state index in [2.05, 4.69) is 4.52 Å². The van der Waals surface area contributed by atoms with Crippen molar-refractivity contribution >= 4 is 8.69 Å². The smallest absolute Gasteiger partial charge is 0.329 e. The van der Waals surface area contributed by atoms with Crippen molar-refractivity contribution in [3.8, 4) is 0 Å². The van der Waals surface area contributed by atoms with Crippen molar-refractivity contribution in [1.82, 2.24) is 0 Å². The van der Waals surface area contributed by atoms with E-state index in [1.165, 1.54) is 0 Å². The van der Waals surface area contributed by atoms with Crippen LogP contribution in [0.2, 0.25) is 0 Å². The zero-order valence-corrected chi connectivity index (χ0v) is 6.84. The summed E-state index contributed by atoms with van der Waals surface area (Å²) in [4.78, 5) is 0.